The molecule has 3 rings (SSSR count). The highest BCUT2D eigenvalue weighted by atomic mass is 32.2. The molecule has 0 fully saturated rings. The van der Waals surface area contributed by atoms with Gasteiger partial charge in [-0.2, -0.15) is 0 Å². The van der Waals surface area contributed by atoms with Crippen LogP contribution in [-0.4, -0.2) is 23.9 Å². The number of amides is 1. The smallest absolute Gasteiger partial charge is 0.266 e. The SMILES string of the molecule is O=C(Cn1cnc2ccccc21)NNS(=O)(=O)c1cccs1. The van der Waals surface area contributed by atoms with E-state index in [1.807, 2.05) is 24.3 Å². The Morgan fingerprint density at radius 2 is 2.05 bits per heavy atom. The summed E-state index contributed by atoms with van der Waals surface area (Å²) in [5.74, 6) is -0.483. The van der Waals surface area contributed by atoms with Gasteiger partial charge in [-0.15, -0.1) is 16.2 Å². The average molecular weight is 336 g/mol. The number of sulfonamides is 1. The van der Waals surface area contributed by atoms with Crippen molar-refractivity contribution in [3.63, 3.8) is 0 Å². The Morgan fingerprint density at radius 3 is 2.82 bits per heavy atom. The Balaban J connectivity index is 1.66. The van der Waals surface area contributed by atoms with E-state index < -0.39 is 15.9 Å². The van der Waals surface area contributed by atoms with E-state index in [0.29, 0.717) is 0 Å². The third kappa shape index (κ3) is 3.01. The van der Waals surface area contributed by atoms with Crippen LogP contribution in [0.15, 0.2) is 52.3 Å². The second-order valence-corrected chi connectivity index (χ2v) is 7.30. The van der Waals surface area contributed by atoms with Gasteiger partial charge < -0.3 is 4.57 Å². The van der Waals surface area contributed by atoms with Gasteiger partial charge in [-0.05, 0) is 23.6 Å². The summed E-state index contributed by atoms with van der Waals surface area (Å²) in [4.78, 5) is 18.1. The van der Waals surface area contributed by atoms with E-state index in [9.17, 15) is 13.2 Å². The summed E-state index contributed by atoms with van der Waals surface area (Å²) in [5, 5.41) is 1.65. The Hall–Kier alpha value is -2.23. The van der Waals surface area contributed by atoms with Crippen molar-refractivity contribution in [1.29, 1.82) is 0 Å². The van der Waals surface area contributed by atoms with Gasteiger partial charge in [0, 0.05) is 0 Å². The molecule has 0 unspecified atom stereocenters. The number of carbonyl (C=O) groups is 1. The van der Waals surface area contributed by atoms with E-state index in [0.717, 1.165) is 22.4 Å². The first-order valence-corrected chi connectivity index (χ1v) is 8.66. The molecule has 0 atom stereocenters. The Kier molecular flexibility index (Phi) is 3.92. The minimum Gasteiger partial charge on any atom is -0.321 e. The maximum atomic E-state index is 11.9. The van der Waals surface area contributed by atoms with Crippen molar-refractivity contribution in [1.82, 2.24) is 19.8 Å². The number of nitrogens with one attached hydrogen (secondary N) is 2. The lowest BCUT2D eigenvalue weighted by Crippen LogP contribution is -2.42. The zero-order chi connectivity index (χ0) is 15.6. The molecule has 2 heterocycles. The van der Waals surface area contributed by atoms with Crippen LogP contribution in [0.4, 0.5) is 0 Å². The van der Waals surface area contributed by atoms with Gasteiger partial charge in [-0.3, -0.25) is 10.2 Å². The van der Waals surface area contributed by atoms with Gasteiger partial charge in [0.25, 0.3) is 15.9 Å². The zero-order valence-electron chi connectivity index (χ0n) is 11.3. The molecule has 1 amide bonds. The number of carbonyl (C=O) groups excluding carboxylic acids is 1. The Bertz CT molecular complexity index is 900. The molecule has 114 valence electrons. The normalized spacial score (nSPS) is 11.6. The number of benzene rings is 1. The second-order valence-electron chi connectivity index (χ2n) is 4.45. The number of imidazole rings is 1. The van der Waals surface area contributed by atoms with E-state index in [1.165, 1.54) is 12.4 Å². The van der Waals surface area contributed by atoms with Gasteiger partial charge >= 0.3 is 0 Å². The van der Waals surface area contributed by atoms with Crippen molar-refractivity contribution in [3.05, 3.63) is 48.1 Å². The number of hydrazine groups is 1. The molecule has 0 aliphatic carbocycles. The molecule has 9 heteroatoms. The summed E-state index contributed by atoms with van der Waals surface area (Å²) < 4.78 is 25.5. The highest BCUT2D eigenvalue weighted by Gasteiger charge is 2.16. The largest absolute Gasteiger partial charge is 0.321 e. The maximum Gasteiger partial charge on any atom is 0.266 e. The highest BCUT2D eigenvalue weighted by molar-refractivity contribution is 7.91. The van der Waals surface area contributed by atoms with Crippen LogP contribution >= 0.6 is 11.3 Å². The lowest BCUT2D eigenvalue weighted by molar-refractivity contribution is -0.122. The summed E-state index contributed by atoms with van der Waals surface area (Å²) in [6.45, 7) is -0.0343. The number of para-hydroxylation sites is 2. The van der Waals surface area contributed by atoms with Crippen LogP contribution in [0.3, 0.4) is 0 Å². The number of rotatable bonds is 5. The van der Waals surface area contributed by atoms with Gasteiger partial charge in [0.1, 0.15) is 10.8 Å². The van der Waals surface area contributed by atoms with E-state index in [2.05, 4.69) is 15.2 Å². The summed E-state index contributed by atoms with van der Waals surface area (Å²) >= 11 is 1.07. The van der Waals surface area contributed by atoms with Gasteiger partial charge in [0.15, 0.2) is 0 Å². The molecule has 0 aliphatic heterocycles. The lowest BCUT2D eigenvalue weighted by atomic mass is 10.3. The Labute approximate surface area is 130 Å². The van der Waals surface area contributed by atoms with Crippen LogP contribution in [0.25, 0.3) is 11.0 Å². The fourth-order valence-corrected chi connectivity index (χ4v) is 3.77. The summed E-state index contributed by atoms with van der Waals surface area (Å²) in [6, 6.07) is 10.5. The van der Waals surface area contributed by atoms with Crippen molar-refractivity contribution in [2.75, 3.05) is 0 Å². The maximum absolute atomic E-state index is 11.9. The molecule has 0 aliphatic rings. The Morgan fingerprint density at radius 1 is 1.23 bits per heavy atom. The standard InChI is InChI=1S/C13H12N4O3S2/c18-12(15-16-22(19,20)13-6-3-7-21-13)8-17-9-14-10-4-1-2-5-11(10)17/h1-7,9,16H,8H2,(H,15,18). The van der Waals surface area contributed by atoms with Gasteiger partial charge in [-0.25, -0.2) is 13.4 Å². The van der Waals surface area contributed by atoms with Crippen LogP contribution in [0.1, 0.15) is 0 Å². The fourth-order valence-electron chi connectivity index (χ4n) is 1.92. The summed E-state index contributed by atoms with van der Waals surface area (Å²) in [7, 11) is -3.72. The van der Waals surface area contributed by atoms with Crippen molar-refractivity contribution in [2.24, 2.45) is 0 Å². The number of hydrogen-bond donors (Lipinski definition) is 2. The van der Waals surface area contributed by atoms with Crippen molar-refractivity contribution in [3.8, 4) is 0 Å². The monoisotopic (exact) mass is 336 g/mol. The first-order valence-electron chi connectivity index (χ1n) is 6.30. The van der Waals surface area contributed by atoms with Crippen molar-refractivity contribution >= 4 is 38.3 Å². The number of fused-ring (bicyclic) bond motifs is 1. The predicted octanol–water partition coefficient (Wildman–Crippen LogP) is 1.11. The molecule has 0 spiro atoms. The van der Waals surface area contributed by atoms with E-state index >= 15 is 0 Å². The molecule has 3 aromatic rings. The molecular formula is C13H12N4O3S2. The molecule has 22 heavy (non-hydrogen) atoms. The fraction of sp³-hybridized carbons (Fsp3) is 0.0769. The van der Waals surface area contributed by atoms with E-state index in [1.54, 1.807) is 16.0 Å². The lowest BCUT2D eigenvalue weighted by Gasteiger charge is -2.08. The molecule has 2 aromatic heterocycles. The van der Waals surface area contributed by atoms with Crippen LogP contribution in [0, 0.1) is 0 Å². The van der Waals surface area contributed by atoms with Crippen LogP contribution in [0.2, 0.25) is 0 Å². The predicted molar refractivity (Wildman–Crippen MR) is 82.5 cm³/mol. The minimum absolute atomic E-state index is 0.0343. The molecule has 0 radical (unpaired) electrons. The summed E-state index contributed by atoms with van der Waals surface area (Å²) in [5.41, 5.74) is 3.77. The third-order valence-corrected chi connectivity index (χ3v) is 5.57. The van der Waals surface area contributed by atoms with Gasteiger partial charge in [0.2, 0.25) is 0 Å². The first-order chi connectivity index (χ1) is 10.6. The van der Waals surface area contributed by atoms with Crippen LogP contribution in [-0.2, 0) is 21.4 Å². The molecule has 7 nitrogen and oxygen atoms in total. The molecule has 1 aromatic carbocycles. The molecule has 0 bridgehead atoms. The number of hydrogen-bond acceptors (Lipinski definition) is 5. The van der Waals surface area contributed by atoms with E-state index in [4.69, 9.17) is 0 Å². The second kappa shape index (κ2) is 5.87. The third-order valence-electron chi connectivity index (χ3n) is 2.93. The summed E-state index contributed by atoms with van der Waals surface area (Å²) in [6.07, 6.45) is 1.54. The van der Waals surface area contributed by atoms with Crippen molar-refractivity contribution < 1.29 is 13.2 Å². The zero-order valence-corrected chi connectivity index (χ0v) is 12.9. The first kappa shape index (κ1) is 14.7. The molecular weight excluding hydrogens is 324 g/mol. The molecule has 0 saturated carbocycles. The van der Waals surface area contributed by atoms with Crippen LogP contribution in [0.5, 0.6) is 0 Å². The topological polar surface area (TPSA) is 93.1 Å². The van der Waals surface area contributed by atoms with E-state index in [-0.39, 0.29) is 10.8 Å². The molecule has 0 saturated heterocycles. The van der Waals surface area contributed by atoms with Crippen LogP contribution < -0.4 is 10.3 Å². The van der Waals surface area contributed by atoms with Crippen molar-refractivity contribution in [2.45, 2.75) is 10.8 Å². The number of aromatic nitrogens is 2. The number of nitrogens with zero attached hydrogens (tertiary/aromatic N) is 2. The van der Waals surface area contributed by atoms with Gasteiger partial charge in [0.05, 0.1) is 17.4 Å². The quantitative estimate of drug-likeness (QED) is 0.683. The number of thiophene rings is 1. The highest BCUT2D eigenvalue weighted by Crippen LogP contribution is 2.14. The average Bonchev–Trinajstić information content (AvgIpc) is 3.16. The minimum atomic E-state index is -3.72. The molecule has 2 N–H and O–H groups in total. The van der Waals surface area contributed by atoms with Gasteiger partial charge in [-0.1, -0.05) is 18.2 Å².